The second-order valence-electron chi connectivity index (χ2n) is 5.54. The number of ether oxygens (including phenoxy) is 3. The average Bonchev–Trinajstić information content (AvgIpc) is 2.38. The molecule has 0 aliphatic carbocycles. The third-order valence-corrected chi connectivity index (χ3v) is 4.26. The summed E-state index contributed by atoms with van der Waals surface area (Å²) in [7, 11) is 0. The van der Waals surface area contributed by atoms with Crippen LogP contribution in [0.2, 0.25) is 0 Å². The van der Waals surface area contributed by atoms with Crippen molar-refractivity contribution in [1.82, 2.24) is 0 Å². The van der Waals surface area contributed by atoms with Crippen molar-refractivity contribution in [3.05, 3.63) is 12.7 Å². The molecule has 3 saturated heterocycles. The predicted molar refractivity (Wildman–Crippen MR) is 66.4 cm³/mol. The smallest absolute Gasteiger partial charge is 0.0874 e. The summed E-state index contributed by atoms with van der Waals surface area (Å²) in [5.74, 6) is 0. The molecule has 3 fully saturated rings. The fraction of sp³-hybridized carbons (Fsp3) is 0.857. The van der Waals surface area contributed by atoms with Crippen molar-refractivity contribution in [1.29, 1.82) is 0 Å². The maximum absolute atomic E-state index is 10.1. The third kappa shape index (κ3) is 2.35. The summed E-state index contributed by atoms with van der Waals surface area (Å²) in [4.78, 5) is 0. The molecule has 4 nitrogen and oxygen atoms in total. The lowest BCUT2D eigenvalue weighted by molar-refractivity contribution is -0.258. The summed E-state index contributed by atoms with van der Waals surface area (Å²) in [6.45, 7) is 4.55. The lowest BCUT2D eigenvalue weighted by Gasteiger charge is -2.48. The Morgan fingerprint density at radius 1 is 1.11 bits per heavy atom. The van der Waals surface area contributed by atoms with Crippen LogP contribution in [-0.4, -0.2) is 48.3 Å². The van der Waals surface area contributed by atoms with E-state index in [9.17, 15) is 5.11 Å². The summed E-state index contributed by atoms with van der Waals surface area (Å²) in [6, 6.07) is 0. The van der Waals surface area contributed by atoms with Crippen LogP contribution in [-0.2, 0) is 14.2 Å². The molecule has 4 heteroatoms. The molecule has 0 amide bonds. The molecule has 0 aromatic heterocycles. The molecule has 18 heavy (non-hydrogen) atoms. The molecule has 0 radical (unpaired) electrons. The molecule has 3 aliphatic heterocycles. The monoisotopic (exact) mass is 254 g/mol. The predicted octanol–water partition coefficient (Wildman–Crippen LogP) is 1.42. The van der Waals surface area contributed by atoms with Crippen molar-refractivity contribution in [3.8, 4) is 0 Å². The number of fused-ring (bicyclic) bond motifs is 2. The molecular weight excluding hydrogens is 232 g/mol. The highest BCUT2D eigenvalue weighted by molar-refractivity contribution is 4.95. The molecule has 1 N–H and O–H groups in total. The van der Waals surface area contributed by atoms with Gasteiger partial charge in [0.25, 0.3) is 0 Å². The Labute approximate surface area is 108 Å². The molecule has 0 aromatic rings. The number of aliphatic hydroxyl groups is 1. The standard InChI is InChI=1S/C14H22O4/c1-2-4-10-9(15)7-13-14(17-10)8-12-11(18-13)5-3-6-16-12/h2,9-15H,1,3-8H2/t9-,10+,11-,12+,13+,14-/m1/s1. The van der Waals surface area contributed by atoms with Crippen molar-refractivity contribution >= 4 is 0 Å². The molecule has 0 saturated carbocycles. The van der Waals surface area contributed by atoms with Crippen molar-refractivity contribution in [2.75, 3.05) is 6.61 Å². The van der Waals surface area contributed by atoms with Crippen LogP contribution in [0, 0.1) is 0 Å². The molecule has 0 spiro atoms. The van der Waals surface area contributed by atoms with E-state index in [4.69, 9.17) is 14.2 Å². The molecule has 3 rings (SSSR count). The van der Waals surface area contributed by atoms with Crippen LogP contribution < -0.4 is 0 Å². The molecule has 0 bridgehead atoms. The summed E-state index contributed by atoms with van der Waals surface area (Å²) >= 11 is 0. The van der Waals surface area contributed by atoms with Gasteiger partial charge in [0.1, 0.15) is 0 Å². The van der Waals surface area contributed by atoms with Gasteiger partial charge in [-0.2, -0.15) is 0 Å². The van der Waals surface area contributed by atoms with E-state index in [1.165, 1.54) is 0 Å². The minimum Gasteiger partial charge on any atom is -0.390 e. The fourth-order valence-electron chi connectivity index (χ4n) is 3.31. The van der Waals surface area contributed by atoms with E-state index in [1.54, 1.807) is 6.08 Å². The summed E-state index contributed by atoms with van der Waals surface area (Å²) in [5, 5.41) is 10.1. The quantitative estimate of drug-likeness (QED) is 0.757. The molecular formula is C14H22O4. The maximum Gasteiger partial charge on any atom is 0.0874 e. The Bertz CT molecular complexity index is 306. The van der Waals surface area contributed by atoms with E-state index in [0.717, 1.165) is 25.9 Å². The molecule has 3 aliphatic rings. The normalized spacial score (nSPS) is 48.1. The van der Waals surface area contributed by atoms with Crippen molar-refractivity contribution in [2.45, 2.75) is 68.7 Å². The Hall–Kier alpha value is -0.420. The molecule has 3 heterocycles. The molecule has 6 atom stereocenters. The molecule has 0 aromatic carbocycles. The molecule has 102 valence electrons. The van der Waals surface area contributed by atoms with Gasteiger partial charge in [-0.3, -0.25) is 0 Å². The lowest BCUT2D eigenvalue weighted by Crippen LogP contribution is -2.57. The summed E-state index contributed by atoms with van der Waals surface area (Å²) in [6.07, 6.45) is 6.12. The van der Waals surface area contributed by atoms with Crippen LogP contribution in [0.25, 0.3) is 0 Å². The summed E-state index contributed by atoms with van der Waals surface area (Å²) in [5.41, 5.74) is 0. The van der Waals surface area contributed by atoms with Gasteiger partial charge < -0.3 is 19.3 Å². The second kappa shape index (κ2) is 5.29. The minimum atomic E-state index is -0.440. The second-order valence-corrected chi connectivity index (χ2v) is 5.54. The van der Waals surface area contributed by atoms with Crippen molar-refractivity contribution in [3.63, 3.8) is 0 Å². The van der Waals surface area contributed by atoms with Crippen LogP contribution in [0.15, 0.2) is 12.7 Å². The van der Waals surface area contributed by atoms with Crippen LogP contribution in [0.1, 0.15) is 32.1 Å². The van der Waals surface area contributed by atoms with Gasteiger partial charge in [-0.25, -0.2) is 0 Å². The third-order valence-electron chi connectivity index (χ3n) is 4.26. The van der Waals surface area contributed by atoms with Gasteiger partial charge >= 0.3 is 0 Å². The van der Waals surface area contributed by atoms with E-state index in [0.29, 0.717) is 12.8 Å². The van der Waals surface area contributed by atoms with Gasteiger partial charge in [-0.05, 0) is 19.3 Å². The van der Waals surface area contributed by atoms with Crippen molar-refractivity contribution < 1.29 is 19.3 Å². The van der Waals surface area contributed by atoms with E-state index in [2.05, 4.69) is 6.58 Å². The topological polar surface area (TPSA) is 47.9 Å². The highest BCUT2D eigenvalue weighted by Crippen LogP contribution is 2.36. The number of aliphatic hydroxyl groups excluding tert-OH is 1. The van der Waals surface area contributed by atoms with Crippen LogP contribution in [0.4, 0.5) is 0 Å². The van der Waals surface area contributed by atoms with Gasteiger partial charge in [0.2, 0.25) is 0 Å². The SMILES string of the molecule is C=CC[C@@H]1O[C@@H]2C[C@@H]3OCCC[C@H]3O[C@H]2C[C@H]1O. The number of hydrogen-bond donors (Lipinski definition) is 1. The average molecular weight is 254 g/mol. The van der Waals surface area contributed by atoms with Gasteiger partial charge in [0.15, 0.2) is 0 Å². The highest BCUT2D eigenvalue weighted by atomic mass is 16.6. The minimum absolute atomic E-state index is 0.0315. The summed E-state index contributed by atoms with van der Waals surface area (Å²) < 4.78 is 17.8. The van der Waals surface area contributed by atoms with E-state index in [-0.39, 0.29) is 30.5 Å². The first-order chi connectivity index (χ1) is 8.78. The first-order valence-corrected chi connectivity index (χ1v) is 6.99. The van der Waals surface area contributed by atoms with Crippen LogP contribution >= 0.6 is 0 Å². The van der Waals surface area contributed by atoms with Crippen LogP contribution in [0.3, 0.4) is 0 Å². The highest BCUT2D eigenvalue weighted by Gasteiger charge is 2.45. The zero-order valence-corrected chi connectivity index (χ0v) is 10.7. The lowest BCUT2D eigenvalue weighted by atomic mass is 9.87. The van der Waals surface area contributed by atoms with Gasteiger partial charge in [0.05, 0.1) is 36.6 Å². The van der Waals surface area contributed by atoms with Crippen molar-refractivity contribution in [2.24, 2.45) is 0 Å². The zero-order chi connectivity index (χ0) is 12.5. The Balaban J connectivity index is 1.66. The van der Waals surface area contributed by atoms with Gasteiger partial charge in [-0.1, -0.05) is 6.08 Å². The van der Waals surface area contributed by atoms with Gasteiger partial charge in [-0.15, -0.1) is 6.58 Å². The first kappa shape index (κ1) is 12.6. The number of rotatable bonds is 2. The number of hydrogen-bond acceptors (Lipinski definition) is 4. The Morgan fingerprint density at radius 2 is 1.94 bits per heavy atom. The van der Waals surface area contributed by atoms with Gasteiger partial charge in [0, 0.05) is 19.4 Å². The van der Waals surface area contributed by atoms with Crippen LogP contribution in [0.5, 0.6) is 0 Å². The Morgan fingerprint density at radius 3 is 2.78 bits per heavy atom. The zero-order valence-electron chi connectivity index (χ0n) is 10.7. The van der Waals surface area contributed by atoms with E-state index >= 15 is 0 Å². The largest absolute Gasteiger partial charge is 0.390 e. The molecule has 0 unspecified atom stereocenters. The first-order valence-electron chi connectivity index (χ1n) is 6.99. The fourth-order valence-corrected chi connectivity index (χ4v) is 3.31. The maximum atomic E-state index is 10.1. The van der Waals surface area contributed by atoms with E-state index in [1.807, 2.05) is 0 Å². The van der Waals surface area contributed by atoms with E-state index < -0.39 is 6.10 Å². The Kier molecular flexibility index (Phi) is 3.71.